The Balaban J connectivity index is 1.47. The predicted octanol–water partition coefficient (Wildman–Crippen LogP) is 4.07. The Morgan fingerprint density at radius 1 is 1.18 bits per heavy atom. The van der Waals surface area contributed by atoms with E-state index in [0.29, 0.717) is 22.6 Å². The van der Waals surface area contributed by atoms with Gasteiger partial charge in [0.25, 0.3) is 0 Å². The summed E-state index contributed by atoms with van der Waals surface area (Å²) in [6.45, 7) is 0. The van der Waals surface area contributed by atoms with Crippen molar-refractivity contribution < 1.29 is 14.3 Å². The standard InChI is InChI=1S/C21H21FN4O2/c22-13-7-15-16(10-25-20(15)24-9-13)17-8-14(5-6-23-17)26-19-12-3-1-11(2-4-12)18(19)21(27)28/h5-12,18-19H,1-4H2,(H,23,26)(H,24,25)(H,27,28). The molecule has 2 atom stereocenters. The number of carboxylic acid groups (broad SMARTS) is 1. The van der Waals surface area contributed by atoms with Gasteiger partial charge in [0.2, 0.25) is 0 Å². The Bertz CT molecular complexity index is 1040. The van der Waals surface area contributed by atoms with E-state index in [9.17, 15) is 14.3 Å². The number of nitrogens with one attached hydrogen (secondary N) is 2. The van der Waals surface area contributed by atoms with E-state index >= 15 is 0 Å². The smallest absolute Gasteiger partial charge is 0.308 e. The number of aliphatic carboxylic acids is 1. The van der Waals surface area contributed by atoms with Crippen molar-refractivity contribution in [3.63, 3.8) is 0 Å². The summed E-state index contributed by atoms with van der Waals surface area (Å²) in [6, 6.07) is 5.13. The Hall–Kier alpha value is -2.96. The van der Waals surface area contributed by atoms with Gasteiger partial charge in [0.05, 0.1) is 17.8 Å². The zero-order valence-electron chi connectivity index (χ0n) is 15.2. The highest BCUT2D eigenvalue weighted by molar-refractivity contribution is 5.92. The number of pyridine rings is 2. The van der Waals surface area contributed by atoms with Gasteiger partial charge >= 0.3 is 5.97 Å². The van der Waals surface area contributed by atoms with Crippen molar-refractivity contribution >= 4 is 22.7 Å². The van der Waals surface area contributed by atoms with Crippen LogP contribution in [-0.2, 0) is 4.79 Å². The molecular weight excluding hydrogens is 359 g/mol. The Kier molecular flexibility index (Phi) is 4.03. The van der Waals surface area contributed by atoms with Crippen molar-refractivity contribution in [2.75, 3.05) is 5.32 Å². The highest BCUT2D eigenvalue weighted by atomic mass is 19.1. The quantitative estimate of drug-likeness (QED) is 0.635. The van der Waals surface area contributed by atoms with E-state index in [2.05, 4.69) is 20.3 Å². The molecule has 0 aliphatic heterocycles. The Morgan fingerprint density at radius 3 is 2.75 bits per heavy atom. The van der Waals surface area contributed by atoms with Gasteiger partial charge in [0, 0.05) is 35.1 Å². The molecule has 3 N–H and O–H groups in total. The zero-order chi connectivity index (χ0) is 19.3. The van der Waals surface area contributed by atoms with Crippen LogP contribution in [0.2, 0.25) is 0 Å². The molecule has 144 valence electrons. The van der Waals surface area contributed by atoms with E-state index in [-0.39, 0.29) is 17.9 Å². The normalized spacial score (nSPS) is 26.5. The summed E-state index contributed by atoms with van der Waals surface area (Å²) in [5.74, 6) is -0.821. The molecule has 6 nitrogen and oxygen atoms in total. The molecule has 3 aromatic heterocycles. The lowest BCUT2D eigenvalue weighted by atomic mass is 9.61. The molecule has 2 bridgehead atoms. The van der Waals surface area contributed by atoms with Gasteiger partial charge in [-0.15, -0.1) is 0 Å². The van der Waals surface area contributed by atoms with Crippen molar-refractivity contribution in [3.8, 4) is 11.3 Å². The van der Waals surface area contributed by atoms with Gasteiger partial charge in [-0.2, -0.15) is 0 Å². The van der Waals surface area contributed by atoms with Gasteiger partial charge in [-0.1, -0.05) is 0 Å². The number of hydrogen-bond acceptors (Lipinski definition) is 4. The molecule has 3 aliphatic rings. The van der Waals surface area contributed by atoms with Crippen molar-refractivity contribution in [1.82, 2.24) is 15.0 Å². The lowest BCUT2D eigenvalue weighted by molar-refractivity contribution is -0.148. The average Bonchev–Trinajstić information content (AvgIpc) is 3.12. The Labute approximate surface area is 161 Å². The highest BCUT2D eigenvalue weighted by Crippen LogP contribution is 2.46. The van der Waals surface area contributed by atoms with Gasteiger partial charge in [0.15, 0.2) is 0 Å². The van der Waals surface area contributed by atoms with Gasteiger partial charge in [-0.25, -0.2) is 9.37 Å². The minimum atomic E-state index is -0.709. The van der Waals surface area contributed by atoms with E-state index < -0.39 is 11.8 Å². The molecule has 0 saturated heterocycles. The number of carbonyl (C=O) groups is 1. The summed E-state index contributed by atoms with van der Waals surface area (Å²) in [4.78, 5) is 23.4. The summed E-state index contributed by atoms with van der Waals surface area (Å²) in [5.41, 5.74) is 2.90. The number of hydrogen-bond donors (Lipinski definition) is 3. The van der Waals surface area contributed by atoms with Gasteiger partial charge in [-0.05, 0) is 55.7 Å². The molecule has 0 amide bonds. The van der Waals surface area contributed by atoms with Crippen molar-refractivity contribution in [3.05, 3.63) is 42.6 Å². The third-order valence-electron chi connectivity index (χ3n) is 6.37. The molecule has 3 aliphatic carbocycles. The van der Waals surface area contributed by atoms with Gasteiger partial charge in [-0.3, -0.25) is 9.78 Å². The van der Waals surface area contributed by atoms with E-state index in [1.165, 1.54) is 12.3 Å². The molecule has 0 aromatic carbocycles. The summed E-state index contributed by atoms with van der Waals surface area (Å²) >= 11 is 0. The van der Waals surface area contributed by atoms with Crippen LogP contribution >= 0.6 is 0 Å². The van der Waals surface area contributed by atoms with Gasteiger partial charge < -0.3 is 15.4 Å². The maximum Gasteiger partial charge on any atom is 0.308 e. The molecule has 0 spiro atoms. The van der Waals surface area contributed by atoms with Crippen LogP contribution in [0.5, 0.6) is 0 Å². The molecule has 28 heavy (non-hydrogen) atoms. The van der Waals surface area contributed by atoms with E-state index in [1.807, 2.05) is 12.1 Å². The average molecular weight is 380 g/mol. The third kappa shape index (κ3) is 2.82. The lowest BCUT2D eigenvalue weighted by Crippen LogP contribution is -2.51. The molecule has 3 fully saturated rings. The maximum atomic E-state index is 13.6. The zero-order valence-corrected chi connectivity index (χ0v) is 15.2. The molecule has 3 saturated carbocycles. The number of carboxylic acids is 1. The van der Waals surface area contributed by atoms with Crippen molar-refractivity contribution in [2.24, 2.45) is 17.8 Å². The van der Waals surface area contributed by atoms with Crippen LogP contribution in [0, 0.1) is 23.6 Å². The van der Waals surface area contributed by atoms with E-state index in [1.54, 1.807) is 12.4 Å². The number of rotatable bonds is 4. The minimum absolute atomic E-state index is 0.0673. The maximum absolute atomic E-state index is 13.6. The second-order valence-electron chi connectivity index (χ2n) is 7.89. The number of nitrogens with zero attached hydrogens (tertiary/aromatic N) is 2. The van der Waals surface area contributed by atoms with Crippen LogP contribution < -0.4 is 5.32 Å². The number of fused-ring (bicyclic) bond motifs is 4. The van der Waals surface area contributed by atoms with Crippen molar-refractivity contribution in [2.45, 2.75) is 31.7 Å². The number of anilines is 1. The summed E-state index contributed by atoms with van der Waals surface area (Å²) in [7, 11) is 0. The van der Waals surface area contributed by atoms with E-state index in [0.717, 1.165) is 36.9 Å². The summed E-state index contributed by atoms with van der Waals surface area (Å²) < 4.78 is 13.6. The van der Waals surface area contributed by atoms with Crippen molar-refractivity contribution in [1.29, 1.82) is 0 Å². The first kappa shape index (κ1) is 17.2. The monoisotopic (exact) mass is 380 g/mol. The second kappa shape index (κ2) is 6.58. The molecule has 3 aromatic rings. The molecule has 7 heteroatoms. The number of aromatic nitrogens is 3. The van der Waals surface area contributed by atoms with Crippen LogP contribution in [0.15, 0.2) is 36.8 Å². The van der Waals surface area contributed by atoms with Crippen LogP contribution in [0.4, 0.5) is 10.1 Å². The fourth-order valence-electron chi connectivity index (χ4n) is 5.06. The molecule has 6 rings (SSSR count). The molecular formula is C21H21FN4O2. The first-order valence-corrected chi connectivity index (χ1v) is 9.68. The lowest BCUT2D eigenvalue weighted by Gasteiger charge is -2.47. The second-order valence-corrected chi connectivity index (χ2v) is 7.89. The SMILES string of the molecule is O=C(O)C1C2CCC(CC2)C1Nc1ccnc(-c2c[nH]c3ncc(F)cc23)c1. The van der Waals surface area contributed by atoms with Crippen LogP contribution in [0.25, 0.3) is 22.3 Å². The number of H-pyrrole nitrogens is 1. The van der Waals surface area contributed by atoms with Crippen LogP contribution in [0.1, 0.15) is 25.7 Å². The molecule has 3 heterocycles. The number of aromatic amines is 1. The fourth-order valence-corrected chi connectivity index (χ4v) is 5.06. The Morgan fingerprint density at radius 2 is 1.96 bits per heavy atom. The highest BCUT2D eigenvalue weighted by Gasteiger charge is 2.47. The largest absolute Gasteiger partial charge is 0.481 e. The molecule has 0 radical (unpaired) electrons. The summed E-state index contributed by atoms with van der Waals surface area (Å²) in [5, 5.41) is 13.9. The first-order chi connectivity index (χ1) is 13.6. The first-order valence-electron chi connectivity index (χ1n) is 9.68. The minimum Gasteiger partial charge on any atom is -0.481 e. The predicted molar refractivity (Wildman–Crippen MR) is 103 cm³/mol. The number of halogens is 1. The topological polar surface area (TPSA) is 90.9 Å². The fraction of sp³-hybridized carbons (Fsp3) is 0.381. The van der Waals surface area contributed by atoms with E-state index in [4.69, 9.17) is 0 Å². The van der Waals surface area contributed by atoms with Crippen LogP contribution in [0.3, 0.4) is 0 Å². The third-order valence-corrected chi connectivity index (χ3v) is 6.37. The van der Waals surface area contributed by atoms with Crippen LogP contribution in [-0.4, -0.2) is 32.1 Å². The van der Waals surface area contributed by atoms with Gasteiger partial charge in [0.1, 0.15) is 11.5 Å². The molecule has 2 unspecified atom stereocenters. The summed E-state index contributed by atoms with van der Waals surface area (Å²) in [6.07, 6.45) is 8.82.